The van der Waals surface area contributed by atoms with Gasteiger partial charge >= 0.3 is 0 Å². The molecule has 2 aromatic carbocycles. The SMILES string of the molecule is COc1ccccc1/C=C/C(=O)c1ccc(OCCCN2CCSCC2)cc1. The highest BCUT2D eigenvalue weighted by Crippen LogP contribution is 2.19. The van der Waals surface area contributed by atoms with E-state index < -0.39 is 0 Å². The fourth-order valence-electron chi connectivity index (χ4n) is 3.08. The molecule has 0 saturated carbocycles. The minimum Gasteiger partial charge on any atom is -0.496 e. The summed E-state index contributed by atoms with van der Waals surface area (Å²) in [5.74, 6) is 3.99. The quantitative estimate of drug-likeness (QED) is 0.356. The van der Waals surface area contributed by atoms with Crippen LogP contribution in [0.3, 0.4) is 0 Å². The van der Waals surface area contributed by atoms with Gasteiger partial charge < -0.3 is 14.4 Å². The predicted molar refractivity (Wildman–Crippen MR) is 117 cm³/mol. The molecule has 0 amide bonds. The van der Waals surface area contributed by atoms with Crippen LogP contribution in [0.4, 0.5) is 0 Å². The number of methoxy groups -OCH3 is 1. The number of carbonyl (C=O) groups is 1. The van der Waals surface area contributed by atoms with Crippen LogP contribution in [0, 0.1) is 0 Å². The Bertz CT molecular complexity index is 783. The summed E-state index contributed by atoms with van der Waals surface area (Å²) in [5, 5.41) is 0. The molecule has 4 nitrogen and oxygen atoms in total. The van der Waals surface area contributed by atoms with Crippen LogP contribution in [0.2, 0.25) is 0 Å². The van der Waals surface area contributed by atoms with E-state index in [1.807, 2.05) is 60.3 Å². The summed E-state index contributed by atoms with van der Waals surface area (Å²) >= 11 is 2.03. The minimum atomic E-state index is -0.0413. The lowest BCUT2D eigenvalue weighted by Crippen LogP contribution is -2.33. The number of rotatable bonds is 9. The van der Waals surface area contributed by atoms with Gasteiger partial charge in [-0.25, -0.2) is 0 Å². The monoisotopic (exact) mass is 397 g/mol. The van der Waals surface area contributed by atoms with Crippen molar-refractivity contribution in [3.05, 3.63) is 65.7 Å². The van der Waals surface area contributed by atoms with Crippen molar-refractivity contribution >= 4 is 23.6 Å². The average molecular weight is 398 g/mol. The van der Waals surface area contributed by atoms with E-state index >= 15 is 0 Å². The van der Waals surface area contributed by atoms with Crippen LogP contribution in [-0.4, -0.2) is 55.5 Å². The van der Waals surface area contributed by atoms with E-state index in [1.54, 1.807) is 19.3 Å². The molecule has 1 heterocycles. The largest absolute Gasteiger partial charge is 0.496 e. The van der Waals surface area contributed by atoms with Crippen LogP contribution in [-0.2, 0) is 0 Å². The Morgan fingerprint density at radius 3 is 2.61 bits per heavy atom. The molecule has 28 heavy (non-hydrogen) atoms. The highest BCUT2D eigenvalue weighted by atomic mass is 32.2. The number of para-hydroxylation sites is 1. The zero-order valence-corrected chi connectivity index (χ0v) is 17.1. The lowest BCUT2D eigenvalue weighted by atomic mass is 10.1. The third-order valence-corrected chi connectivity index (χ3v) is 5.63. The smallest absolute Gasteiger partial charge is 0.185 e. The lowest BCUT2D eigenvalue weighted by molar-refractivity contribution is 0.104. The van der Waals surface area contributed by atoms with Crippen LogP contribution in [0.15, 0.2) is 54.6 Å². The molecule has 2 aromatic rings. The van der Waals surface area contributed by atoms with Gasteiger partial charge in [-0.1, -0.05) is 18.2 Å². The standard InChI is InChI=1S/C23H27NO3S/c1-26-23-6-3-2-5-20(23)9-12-22(25)19-7-10-21(11-8-19)27-16-4-13-24-14-17-28-18-15-24/h2-3,5-12H,4,13-18H2,1H3/b12-9+. The molecule has 1 aliphatic rings. The maximum absolute atomic E-state index is 12.4. The summed E-state index contributed by atoms with van der Waals surface area (Å²) in [4.78, 5) is 14.9. The van der Waals surface area contributed by atoms with Gasteiger partial charge in [0.15, 0.2) is 5.78 Å². The molecule has 0 atom stereocenters. The first kappa shape index (κ1) is 20.5. The Morgan fingerprint density at radius 1 is 1.11 bits per heavy atom. The molecule has 5 heteroatoms. The Hall–Kier alpha value is -2.24. The van der Waals surface area contributed by atoms with Crippen LogP contribution >= 0.6 is 11.8 Å². The summed E-state index contributed by atoms with van der Waals surface area (Å²) in [6.07, 6.45) is 4.38. The van der Waals surface area contributed by atoms with Gasteiger partial charge in [0, 0.05) is 42.3 Å². The first-order valence-corrected chi connectivity index (χ1v) is 10.8. The van der Waals surface area contributed by atoms with Crippen LogP contribution in [0.5, 0.6) is 11.5 Å². The maximum Gasteiger partial charge on any atom is 0.185 e. The van der Waals surface area contributed by atoms with E-state index in [0.717, 1.165) is 30.0 Å². The molecule has 1 fully saturated rings. The maximum atomic E-state index is 12.4. The van der Waals surface area contributed by atoms with Gasteiger partial charge in [0.05, 0.1) is 13.7 Å². The van der Waals surface area contributed by atoms with Crippen molar-refractivity contribution in [1.82, 2.24) is 4.90 Å². The number of thioether (sulfide) groups is 1. The summed E-state index contributed by atoms with van der Waals surface area (Å²) in [5.41, 5.74) is 1.52. The Labute approximate surface area is 171 Å². The molecule has 0 radical (unpaired) electrons. The minimum absolute atomic E-state index is 0.0413. The predicted octanol–water partition coefficient (Wildman–Crippen LogP) is 4.41. The molecule has 0 aromatic heterocycles. The number of benzene rings is 2. The van der Waals surface area contributed by atoms with Crippen molar-refractivity contribution in [3.8, 4) is 11.5 Å². The number of ether oxygens (including phenoxy) is 2. The Morgan fingerprint density at radius 2 is 1.86 bits per heavy atom. The molecule has 0 bridgehead atoms. The summed E-state index contributed by atoms with van der Waals surface area (Å²) in [6, 6.07) is 15.0. The first-order valence-electron chi connectivity index (χ1n) is 9.64. The van der Waals surface area contributed by atoms with E-state index in [-0.39, 0.29) is 5.78 Å². The second kappa shape index (κ2) is 10.9. The molecule has 0 spiro atoms. The zero-order valence-electron chi connectivity index (χ0n) is 16.3. The van der Waals surface area contributed by atoms with E-state index in [2.05, 4.69) is 4.90 Å². The van der Waals surface area contributed by atoms with E-state index in [9.17, 15) is 4.79 Å². The summed E-state index contributed by atoms with van der Waals surface area (Å²) in [7, 11) is 1.62. The highest BCUT2D eigenvalue weighted by Gasteiger charge is 2.09. The Kier molecular flexibility index (Phi) is 8.00. The van der Waals surface area contributed by atoms with Crippen molar-refractivity contribution < 1.29 is 14.3 Å². The normalized spacial score (nSPS) is 14.9. The molecule has 0 aliphatic carbocycles. The van der Waals surface area contributed by atoms with Crippen molar-refractivity contribution in [3.63, 3.8) is 0 Å². The van der Waals surface area contributed by atoms with Gasteiger partial charge in [0.25, 0.3) is 0 Å². The lowest BCUT2D eigenvalue weighted by Gasteiger charge is -2.25. The molecule has 3 rings (SSSR count). The molecular weight excluding hydrogens is 370 g/mol. The van der Waals surface area contributed by atoms with Crippen molar-refractivity contribution in [1.29, 1.82) is 0 Å². The van der Waals surface area contributed by atoms with Crippen molar-refractivity contribution in [2.24, 2.45) is 0 Å². The number of hydrogen-bond acceptors (Lipinski definition) is 5. The second-order valence-electron chi connectivity index (χ2n) is 6.62. The second-order valence-corrected chi connectivity index (χ2v) is 7.84. The number of carbonyl (C=O) groups excluding carboxylic acids is 1. The van der Waals surface area contributed by atoms with Gasteiger partial charge in [-0.15, -0.1) is 0 Å². The van der Waals surface area contributed by atoms with Crippen LogP contribution in [0.1, 0.15) is 22.3 Å². The molecule has 0 unspecified atom stereocenters. The topological polar surface area (TPSA) is 38.8 Å². The average Bonchev–Trinajstić information content (AvgIpc) is 2.76. The fraction of sp³-hybridized carbons (Fsp3) is 0.348. The molecular formula is C23H27NO3S. The third-order valence-electron chi connectivity index (χ3n) is 4.68. The number of ketones is 1. The van der Waals surface area contributed by atoms with Gasteiger partial charge in [-0.3, -0.25) is 4.79 Å². The van der Waals surface area contributed by atoms with Crippen molar-refractivity contribution in [2.45, 2.75) is 6.42 Å². The number of allylic oxidation sites excluding steroid dienone is 1. The van der Waals surface area contributed by atoms with Gasteiger partial charge in [0.1, 0.15) is 11.5 Å². The number of hydrogen-bond donors (Lipinski definition) is 0. The third kappa shape index (κ3) is 6.14. The van der Waals surface area contributed by atoms with E-state index in [4.69, 9.17) is 9.47 Å². The number of nitrogens with zero attached hydrogens (tertiary/aromatic N) is 1. The van der Waals surface area contributed by atoms with Gasteiger partial charge in [-0.2, -0.15) is 11.8 Å². The summed E-state index contributed by atoms with van der Waals surface area (Å²) < 4.78 is 11.1. The first-order chi connectivity index (χ1) is 13.8. The molecule has 148 valence electrons. The van der Waals surface area contributed by atoms with E-state index in [0.29, 0.717) is 12.2 Å². The van der Waals surface area contributed by atoms with Crippen LogP contribution in [0.25, 0.3) is 6.08 Å². The Balaban J connectivity index is 1.46. The molecule has 0 N–H and O–H groups in total. The summed E-state index contributed by atoms with van der Waals surface area (Å²) in [6.45, 7) is 4.16. The highest BCUT2D eigenvalue weighted by molar-refractivity contribution is 7.99. The fourth-order valence-corrected chi connectivity index (χ4v) is 4.06. The molecule has 1 saturated heterocycles. The van der Waals surface area contributed by atoms with E-state index in [1.165, 1.54) is 24.6 Å². The zero-order chi connectivity index (χ0) is 19.6. The van der Waals surface area contributed by atoms with Gasteiger partial charge in [0.2, 0.25) is 0 Å². The van der Waals surface area contributed by atoms with Crippen LogP contribution < -0.4 is 9.47 Å². The van der Waals surface area contributed by atoms with Gasteiger partial charge in [-0.05, 0) is 48.9 Å². The molecule has 1 aliphatic heterocycles. The van der Waals surface area contributed by atoms with Crippen molar-refractivity contribution in [2.75, 3.05) is 44.9 Å².